The minimum atomic E-state index is 0.813. The Morgan fingerprint density at radius 3 is 2.85 bits per heavy atom. The number of thiol groups is 1. The molecule has 1 heterocycles. The van der Waals surface area contributed by atoms with Gasteiger partial charge in [0.15, 0.2) is 0 Å². The lowest BCUT2D eigenvalue weighted by Gasteiger charge is -1.98. The van der Waals surface area contributed by atoms with E-state index in [0.717, 1.165) is 28.8 Å². The Balaban J connectivity index is 2.49. The first kappa shape index (κ1) is 8.51. The topological polar surface area (TPSA) is 25.8 Å². The van der Waals surface area contributed by atoms with Gasteiger partial charge in [-0.15, -0.1) is 0 Å². The molecule has 2 nitrogen and oxygen atoms in total. The Hall–Kier alpha value is -1.09. The third-order valence-electron chi connectivity index (χ3n) is 1.91. The Labute approximate surface area is 82.4 Å². The van der Waals surface area contributed by atoms with Gasteiger partial charge in [0.05, 0.1) is 11.2 Å². The van der Waals surface area contributed by atoms with Crippen molar-refractivity contribution in [2.45, 2.75) is 6.42 Å². The summed E-state index contributed by atoms with van der Waals surface area (Å²) in [5, 5.41) is 9.36. The van der Waals surface area contributed by atoms with Gasteiger partial charge in [-0.25, -0.2) is 0 Å². The molecule has 2 aromatic rings. The van der Waals surface area contributed by atoms with Crippen LogP contribution in [-0.4, -0.2) is 16.0 Å². The summed E-state index contributed by atoms with van der Waals surface area (Å²) in [6, 6.07) is 10.1. The second-order valence-corrected chi connectivity index (χ2v) is 3.32. The van der Waals surface area contributed by atoms with Gasteiger partial charge in [0.2, 0.25) is 0 Å². The Morgan fingerprint density at radius 1 is 1.15 bits per heavy atom. The summed E-state index contributed by atoms with van der Waals surface area (Å²) < 4.78 is 0. The van der Waals surface area contributed by atoms with Gasteiger partial charge in [-0.1, -0.05) is 18.2 Å². The number of hydrogen-bond donors (Lipinski definition) is 1. The van der Waals surface area contributed by atoms with Crippen LogP contribution in [0.25, 0.3) is 10.9 Å². The van der Waals surface area contributed by atoms with Gasteiger partial charge in [-0.05, 0) is 17.9 Å². The van der Waals surface area contributed by atoms with Crippen molar-refractivity contribution >= 4 is 23.5 Å². The molecule has 3 heteroatoms. The molecule has 0 saturated carbocycles. The molecule has 0 saturated heterocycles. The molecule has 0 aliphatic carbocycles. The van der Waals surface area contributed by atoms with Crippen LogP contribution in [0.3, 0.4) is 0 Å². The molecular formula is C10H10N2S. The molecule has 0 atom stereocenters. The van der Waals surface area contributed by atoms with Crippen molar-refractivity contribution in [2.75, 3.05) is 5.75 Å². The summed E-state index contributed by atoms with van der Waals surface area (Å²) in [7, 11) is 0. The summed E-state index contributed by atoms with van der Waals surface area (Å²) in [5.41, 5.74) is 1.96. The summed E-state index contributed by atoms with van der Waals surface area (Å²) in [4.78, 5) is 0. The molecule has 0 aliphatic rings. The van der Waals surface area contributed by atoms with Crippen LogP contribution >= 0.6 is 12.6 Å². The lowest BCUT2D eigenvalue weighted by molar-refractivity contribution is 0.952. The van der Waals surface area contributed by atoms with Crippen molar-refractivity contribution in [1.29, 1.82) is 0 Å². The minimum absolute atomic E-state index is 0.813. The highest BCUT2D eigenvalue weighted by molar-refractivity contribution is 7.80. The third kappa shape index (κ3) is 1.80. The lowest BCUT2D eigenvalue weighted by Crippen LogP contribution is -1.94. The van der Waals surface area contributed by atoms with E-state index in [0.29, 0.717) is 0 Å². The Morgan fingerprint density at radius 2 is 2.00 bits per heavy atom. The molecule has 1 aromatic heterocycles. The van der Waals surface area contributed by atoms with Crippen molar-refractivity contribution in [3.8, 4) is 0 Å². The van der Waals surface area contributed by atoms with Gasteiger partial charge >= 0.3 is 0 Å². The van der Waals surface area contributed by atoms with Gasteiger partial charge in [-0.3, -0.25) is 0 Å². The van der Waals surface area contributed by atoms with Crippen LogP contribution in [0, 0.1) is 0 Å². The van der Waals surface area contributed by atoms with E-state index in [9.17, 15) is 0 Å². The van der Waals surface area contributed by atoms with E-state index in [1.165, 1.54) is 0 Å². The molecule has 0 unspecified atom stereocenters. The fraction of sp³-hybridized carbons (Fsp3) is 0.200. The van der Waals surface area contributed by atoms with Gasteiger partial charge < -0.3 is 0 Å². The molecular weight excluding hydrogens is 180 g/mol. The Kier molecular flexibility index (Phi) is 2.45. The normalized spacial score (nSPS) is 10.5. The molecule has 0 amide bonds. The maximum absolute atomic E-state index is 4.16. The average Bonchev–Trinajstić information content (AvgIpc) is 2.18. The monoisotopic (exact) mass is 190 g/mol. The second kappa shape index (κ2) is 3.75. The van der Waals surface area contributed by atoms with Crippen LogP contribution in [0.15, 0.2) is 30.3 Å². The van der Waals surface area contributed by atoms with Crippen LogP contribution in [0.5, 0.6) is 0 Å². The zero-order chi connectivity index (χ0) is 9.10. The van der Waals surface area contributed by atoms with Crippen LogP contribution in [-0.2, 0) is 6.42 Å². The maximum Gasteiger partial charge on any atom is 0.0929 e. The van der Waals surface area contributed by atoms with Crippen molar-refractivity contribution in [3.63, 3.8) is 0 Å². The third-order valence-corrected chi connectivity index (χ3v) is 2.14. The number of aryl methyl sites for hydroxylation is 1. The number of hydrogen-bond acceptors (Lipinski definition) is 3. The summed E-state index contributed by atoms with van der Waals surface area (Å²) in [6.45, 7) is 0. The van der Waals surface area contributed by atoms with Crippen molar-refractivity contribution < 1.29 is 0 Å². The lowest BCUT2D eigenvalue weighted by atomic mass is 10.2. The predicted molar refractivity (Wildman–Crippen MR) is 57.1 cm³/mol. The van der Waals surface area contributed by atoms with Gasteiger partial charge in [0, 0.05) is 11.8 Å². The highest BCUT2D eigenvalue weighted by atomic mass is 32.1. The number of nitrogens with zero attached hydrogens (tertiary/aromatic N) is 2. The van der Waals surface area contributed by atoms with E-state index in [-0.39, 0.29) is 0 Å². The van der Waals surface area contributed by atoms with E-state index in [1.54, 1.807) is 0 Å². The second-order valence-electron chi connectivity index (χ2n) is 2.87. The van der Waals surface area contributed by atoms with Crippen LogP contribution < -0.4 is 0 Å². The molecule has 2 rings (SSSR count). The van der Waals surface area contributed by atoms with E-state index in [2.05, 4.69) is 28.9 Å². The average molecular weight is 190 g/mol. The van der Waals surface area contributed by atoms with E-state index >= 15 is 0 Å². The molecule has 1 aromatic carbocycles. The first-order chi connectivity index (χ1) is 6.40. The molecule has 66 valence electrons. The summed E-state index contributed by atoms with van der Waals surface area (Å²) >= 11 is 4.16. The van der Waals surface area contributed by atoms with Gasteiger partial charge in [0.1, 0.15) is 0 Å². The summed E-state index contributed by atoms with van der Waals surface area (Å²) in [6.07, 6.45) is 0.876. The summed E-state index contributed by atoms with van der Waals surface area (Å²) in [5.74, 6) is 0.813. The molecule has 0 spiro atoms. The molecule has 0 radical (unpaired) electrons. The first-order valence-corrected chi connectivity index (χ1v) is 4.85. The van der Waals surface area contributed by atoms with Crippen molar-refractivity contribution in [1.82, 2.24) is 10.2 Å². The zero-order valence-corrected chi connectivity index (χ0v) is 8.04. The van der Waals surface area contributed by atoms with Crippen molar-refractivity contribution in [3.05, 3.63) is 36.0 Å². The van der Waals surface area contributed by atoms with E-state index in [1.807, 2.05) is 24.3 Å². The highest BCUT2D eigenvalue weighted by Crippen LogP contribution is 2.10. The number of benzene rings is 1. The fourth-order valence-electron chi connectivity index (χ4n) is 1.26. The van der Waals surface area contributed by atoms with Crippen LogP contribution in [0.4, 0.5) is 0 Å². The fourth-order valence-corrected chi connectivity index (χ4v) is 1.49. The van der Waals surface area contributed by atoms with Gasteiger partial charge in [0.25, 0.3) is 0 Å². The smallest absolute Gasteiger partial charge is 0.0929 e. The van der Waals surface area contributed by atoms with E-state index < -0.39 is 0 Å². The Bertz CT molecular complexity index is 414. The first-order valence-electron chi connectivity index (χ1n) is 4.22. The number of fused-ring (bicyclic) bond motifs is 1. The molecule has 0 fully saturated rings. The van der Waals surface area contributed by atoms with E-state index in [4.69, 9.17) is 0 Å². The van der Waals surface area contributed by atoms with Crippen LogP contribution in [0.1, 0.15) is 5.69 Å². The molecule has 13 heavy (non-hydrogen) atoms. The van der Waals surface area contributed by atoms with Crippen LogP contribution in [0.2, 0.25) is 0 Å². The predicted octanol–water partition coefficient (Wildman–Crippen LogP) is 2.10. The largest absolute Gasteiger partial charge is 0.179 e. The maximum atomic E-state index is 4.16. The standard InChI is InChI=1S/C10H10N2S/c13-6-5-9-7-8-3-1-2-4-10(8)12-11-9/h1-4,7,13H,5-6H2. The number of aromatic nitrogens is 2. The minimum Gasteiger partial charge on any atom is -0.179 e. The molecule has 0 N–H and O–H groups in total. The zero-order valence-electron chi connectivity index (χ0n) is 7.14. The van der Waals surface area contributed by atoms with Crippen molar-refractivity contribution in [2.24, 2.45) is 0 Å². The molecule has 0 aliphatic heterocycles. The number of rotatable bonds is 2. The highest BCUT2D eigenvalue weighted by Gasteiger charge is 1.97. The molecule has 0 bridgehead atoms. The SMILES string of the molecule is SCCc1cc2ccccc2nn1. The van der Waals surface area contributed by atoms with Gasteiger partial charge in [-0.2, -0.15) is 22.8 Å². The quantitative estimate of drug-likeness (QED) is 0.734.